The van der Waals surface area contributed by atoms with E-state index in [4.69, 9.17) is 4.74 Å². The number of halogens is 1. The van der Waals surface area contributed by atoms with Gasteiger partial charge >= 0.3 is 0 Å². The van der Waals surface area contributed by atoms with Crippen molar-refractivity contribution in [1.82, 2.24) is 15.6 Å². The van der Waals surface area contributed by atoms with Crippen molar-refractivity contribution in [2.75, 3.05) is 33.9 Å². The SMILES string of the molecule is CN=C(NCCOC)NCCc1c[nH]c2cccc(C)c12.I. The molecular weight excluding hydrogens is 391 g/mol. The fraction of sp³-hybridized carbons (Fsp3) is 0.438. The van der Waals surface area contributed by atoms with Gasteiger partial charge in [-0.15, -0.1) is 24.0 Å². The molecule has 0 saturated heterocycles. The standard InChI is InChI=1S/C16H24N4O.HI/c1-12-5-4-6-14-15(12)13(11-20-14)7-8-18-16(17-2)19-9-10-21-3;/h4-6,11,20H,7-10H2,1-3H3,(H2,17,18,19);1H. The second-order valence-electron chi connectivity index (χ2n) is 4.98. The van der Waals surface area contributed by atoms with Crippen molar-refractivity contribution >= 4 is 40.8 Å². The van der Waals surface area contributed by atoms with E-state index in [2.05, 4.69) is 51.9 Å². The first kappa shape index (κ1) is 18.8. The molecule has 0 spiro atoms. The largest absolute Gasteiger partial charge is 0.383 e. The van der Waals surface area contributed by atoms with Gasteiger partial charge in [-0.1, -0.05) is 12.1 Å². The number of aromatic amines is 1. The van der Waals surface area contributed by atoms with E-state index in [-0.39, 0.29) is 24.0 Å². The number of H-pyrrole nitrogens is 1. The summed E-state index contributed by atoms with van der Waals surface area (Å²) >= 11 is 0. The average Bonchev–Trinajstić information content (AvgIpc) is 2.90. The molecule has 2 aromatic rings. The van der Waals surface area contributed by atoms with Gasteiger partial charge < -0.3 is 20.4 Å². The molecule has 0 radical (unpaired) electrons. The summed E-state index contributed by atoms with van der Waals surface area (Å²) in [6.45, 7) is 4.41. The Hall–Kier alpha value is -1.28. The smallest absolute Gasteiger partial charge is 0.191 e. The number of nitrogens with zero attached hydrogens (tertiary/aromatic N) is 1. The molecule has 122 valence electrons. The van der Waals surface area contributed by atoms with Gasteiger partial charge in [0.25, 0.3) is 0 Å². The number of rotatable bonds is 6. The minimum absolute atomic E-state index is 0. The van der Waals surface area contributed by atoms with Gasteiger partial charge in [0.05, 0.1) is 6.61 Å². The van der Waals surface area contributed by atoms with Crippen molar-refractivity contribution in [3.8, 4) is 0 Å². The third kappa shape index (κ3) is 4.88. The van der Waals surface area contributed by atoms with Crippen LogP contribution in [0.2, 0.25) is 0 Å². The molecule has 0 aliphatic heterocycles. The summed E-state index contributed by atoms with van der Waals surface area (Å²) in [5.74, 6) is 0.809. The van der Waals surface area contributed by atoms with Crippen LogP contribution < -0.4 is 10.6 Å². The molecular formula is C16H25IN4O. The van der Waals surface area contributed by atoms with Crippen LogP contribution in [0.1, 0.15) is 11.1 Å². The number of guanidine groups is 1. The van der Waals surface area contributed by atoms with E-state index in [1.54, 1.807) is 14.2 Å². The quantitative estimate of drug-likeness (QED) is 0.294. The van der Waals surface area contributed by atoms with Crippen LogP contribution in [0.25, 0.3) is 10.9 Å². The molecule has 0 fully saturated rings. The van der Waals surface area contributed by atoms with E-state index < -0.39 is 0 Å². The zero-order chi connectivity index (χ0) is 15.1. The molecule has 3 N–H and O–H groups in total. The lowest BCUT2D eigenvalue weighted by Gasteiger charge is -2.11. The highest BCUT2D eigenvalue weighted by molar-refractivity contribution is 14.0. The Kier molecular flexibility index (Phi) is 8.26. The molecule has 1 aromatic carbocycles. The minimum atomic E-state index is 0. The number of methoxy groups -OCH3 is 1. The average molecular weight is 416 g/mol. The normalized spacial score (nSPS) is 11.3. The monoisotopic (exact) mass is 416 g/mol. The van der Waals surface area contributed by atoms with E-state index >= 15 is 0 Å². The summed E-state index contributed by atoms with van der Waals surface area (Å²) in [4.78, 5) is 7.52. The molecule has 0 unspecified atom stereocenters. The Morgan fingerprint density at radius 2 is 2.05 bits per heavy atom. The van der Waals surface area contributed by atoms with Gasteiger partial charge in [0.1, 0.15) is 0 Å². The minimum Gasteiger partial charge on any atom is -0.383 e. The lowest BCUT2D eigenvalue weighted by molar-refractivity contribution is 0.203. The number of hydrogen-bond acceptors (Lipinski definition) is 2. The van der Waals surface area contributed by atoms with Crippen LogP contribution in [0.5, 0.6) is 0 Å². The molecule has 22 heavy (non-hydrogen) atoms. The summed E-state index contributed by atoms with van der Waals surface area (Å²) in [6, 6.07) is 6.35. The molecule has 0 bridgehead atoms. The summed E-state index contributed by atoms with van der Waals surface area (Å²) in [5, 5.41) is 7.86. The van der Waals surface area contributed by atoms with Crippen LogP contribution in [0.3, 0.4) is 0 Å². The molecule has 1 aromatic heterocycles. The predicted molar refractivity (Wildman–Crippen MR) is 103 cm³/mol. The molecule has 0 aliphatic carbocycles. The van der Waals surface area contributed by atoms with Crippen LogP contribution in [-0.4, -0.2) is 44.8 Å². The number of aromatic nitrogens is 1. The number of nitrogens with one attached hydrogen (secondary N) is 3. The Morgan fingerprint density at radius 1 is 1.27 bits per heavy atom. The second-order valence-corrected chi connectivity index (χ2v) is 4.98. The number of fused-ring (bicyclic) bond motifs is 1. The predicted octanol–water partition coefficient (Wildman–Crippen LogP) is 2.45. The van der Waals surface area contributed by atoms with Crippen molar-refractivity contribution in [3.05, 3.63) is 35.5 Å². The summed E-state index contributed by atoms with van der Waals surface area (Å²) in [5.41, 5.74) is 3.85. The van der Waals surface area contributed by atoms with Gasteiger partial charge in [-0.25, -0.2) is 0 Å². The first-order valence-corrected chi connectivity index (χ1v) is 7.25. The highest BCUT2D eigenvalue weighted by Crippen LogP contribution is 2.22. The van der Waals surface area contributed by atoms with Crippen molar-refractivity contribution in [3.63, 3.8) is 0 Å². The molecule has 0 atom stereocenters. The molecule has 5 nitrogen and oxygen atoms in total. The van der Waals surface area contributed by atoms with Crippen molar-refractivity contribution in [2.24, 2.45) is 4.99 Å². The summed E-state index contributed by atoms with van der Waals surface area (Å²) in [7, 11) is 3.47. The van der Waals surface area contributed by atoms with E-state index in [0.29, 0.717) is 6.61 Å². The Bertz CT molecular complexity index is 609. The van der Waals surface area contributed by atoms with Crippen LogP contribution in [0.15, 0.2) is 29.4 Å². The molecule has 6 heteroatoms. The summed E-state index contributed by atoms with van der Waals surface area (Å²) < 4.78 is 5.01. The fourth-order valence-electron chi connectivity index (χ4n) is 2.46. The van der Waals surface area contributed by atoms with Crippen LogP contribution >= 0.6 is 24.0 Å². The number of hydrogen-bond donors (Lipinski definition) is 3. The second kappa shape index (κ2) is 9.68. The molecule has 1 heterocycles. The highest BCUT2D eigenvalue weighted by Gasteiger charge is 2.06. The third-order valence-corrected chi connectivity index (χ3v) is 3.50. The first-order chi connectivity index (χ1) is 10.3. The first-order valence-electron chi connectivity index (χ1n) is 7.25. The maximum Gasteiger partial charge on any atom is 0.191 e. The molecule has 0 amide bonds. The van der Waals surface area contributed by atoms with E-state index in [1.165, 1.54) is 22.0 Å². The Balaban J connectivity index is 0.00000242. The number of ether oxygens (including phenoxy) is 1. The zero-order valence-electron chi connectivity index (χ0n) is 13.4. The van der Waals surface area contributed by atoms with Gasteiger partial charge in [-0.2, -0.15) is 0 Å². The maximum atomic E-state index is 5.01. The highest BCUT2D eigenvalue weighted by atomic mass is 127. The van der Waals surface area contributed by atoms with Crippen LogP contribution in [0, 0.1) is 6.92 Å². The maximum absolute atomic E-state index is 5.01. The zero-order valence-corrected chi connectivity index (χ0v) is 15.7. The van der Waals surface area contributed by atoms with Crippen molar-refractivity contribution in [2.45, 2.75) is 13.3 Å². The molecule has 2 rings (SSSR count). The van der Waals surface area contributed by atoms with Crippen molar-refractivity contribution in [1.29, 1.82) is 0 Å². The molecule has 0 saturated carbocycles. The van der Waals surface area contributed by atoms with Gasteiger partial charge in [0, 0.05) is 44.3 Å². The number of aryl methyl sites for hydroxylation is 1. The van der Waals surface area contributed by atoms with Gasteiger partial charge in [-0.05, 0) is 30.5 Å². The lowest BCUT2D eigenvalue weighted by Crippen LogP contribution is -2.39. The number of benzene rings is 1. The summed E-state index contributed by atoms with van der Waals surface area (Å²) in [6.07, 6.45) is 3.05. The van der Waals surface area contributed by atoms with E-state index in [0.717, 1.165) is 25.5 Å². The van der Waals surface area contributed by atoms with Gasteiger partial charge in [0.2, 0.25) is 0 Å². The van der Waals surface area contributed by atoms with Crippen LogP contribution in [-0.2, 0) is 11.2 Å². The van der Waals surface area contributed by atoms with Crippen molar-refractivity contribution < 1.29 is 4.74 Å². The molecule has 0 aliphatic rings. The fourth-order valence-corrected chi connectivity index (χ4v) is 2.46. The van der Waals surface area contributed by atoms with Crippen LogP contribution in [0.4, 0.5) is 0 Å². The van der Waals surface area contributed by atoms with Gasteiger partial charge in [-0.3, -0.25) is 4.99 Å². The third-order valence-electron chi connectivity index (χ3n) is 3.50. The topological polar surface area (TPSA) is 61.4 Å². The Labute approximate surface area is 148 Å². The number of aliphatic imine (C=N–C) groups is 1. The Morgan fingerprint density at radius 3 is 2.77 bits per heavy atom. The van der Waals surface area contributed by atoms with Gasteiger partial charge in [0.15, 0.2) is 5.96 Å². The lowest BCUT2D eigenvalue weighted by atomic mass is 10.1. The van der Waals surface area contributed by atoms with E-state index in [9.17, 15) is 0 Å². The van der Waals surface area contributed by atoms with E-state index in [1.807, 2.05) is 0 Å².